The first kappa shape index (κ1) is 40.6. The number of aliphatic hydroxyl groups excluding tert-OH is 1. The van der Waals surface area contributed by atoms with Crippen LogP contribution in [0.5, 0.6) is 0 Å². The fraction of sp³-hybridized carbons (Fsp3) is 0.652. The Hall–Kier alpha value is -4.19. The zero-order valence-corrected chi connectivity index (χ0v) is 34.2. The van der Waals surface area contributed by atoms with Crippen molar-refractivity contribution < 1.29 is 38.1 Å². The third-order valence-corrected chi connectivity index (χ3v) is 16.0. The summed E-state index contributed by atoms with van der Waals surface area (Å²) in [6.45, 7) is 4.46. The molecule has 58 heavy (non-hydrogen) atoms. The van der Waals surface area contributed by atoms with Crippen molar-refractivity contribution in [2.45, 2.75) is 107 Å². The molecule has 4 amide bonds. The number of carbonyl (C=O) groups excluding carboxylic acids is 4. The largest absolute Gasteiger partial charge is 0.453 e. The molecule has 314 valence electrons. The van der Waals surface area contributed by atoms with Crippen LogP contribution in [0.4, 0.5) is 14.0 Å². The van der Waals surface area contributed by atoms with Crippen LogP contribution in [0.25, 0.3) is 0 Å². The zero-order valence-electron chi connectivity index (χ0n) is 34.2. The number of aliphatic hydroxyl groups is 1. The van der Waals surface area contributed by atoms with E-state index < -0.39 is 12.2 Å². The van der Waals surface area contributed by atoms with Crippen LogP contribution in [0.3, 0.4) is 0 Å². The van der Waals surface area contributed by atoms with Crippen LogP contribution < -0.4 is 10.6 Å². The third-order valence-electron chi connectivity index (χ3n) is 16.0. The van der Waals surface area contributed by atoms with Crippen LogP contribution in [0.2, 0.25) is 0 Å². The van der Waals surface area contributed by atoms with E-state index in [0.717, 1.165) is 42.6 Å². The summed E-state index contributed by atoms with van der Waals surface area (Å²) >= 11 is 0. The van der Waals surface area contributed by atoms with Gasteiger partial charge in [-0.15, -0.1) is 0 Å². The van der Waals surface area contributed by atoms with Crippen LogP contribution >= 0.6 is 0 Å². The van der Waals surface area contributed by atoms with E-state index in [-0.39, 0.29) is 58.5 Å². The Morgan fingerprint density at radius 3 is 1.79 bits per heavy atom. The third kappa shape index (κ3) is 7.47. The van der Waals surface area contributed by atoms with Crippen LogP contribution in [0.15, 0.2) is 54.6 Å². The van der Waals surface area contributed by atoms with E-state index in [1.807, 2.05) is 17.0 Å². The highest BCUT2D eigenvalue weighted by Gasteiger charge is 2.61. The standard InChI is InChI=1S/C24H32N2O3.C22H29FN2O4/c1-15-16-8-19-10-17(15)11-20(9-16)24(19,18-6-4-3-5-7-18)12-22(27)26-13-21(14-26)25-23(28)29-2;1-24-21(28)29-19-12-25(13-19)20(27)11-22(14-5-7-17(23)8-6-14)15-3-2-4-16(22)10-18(26)9-15/h3-7,15-17,19-21H,8-14H2,1-2H3,(H,25,28);5-8,15-16,18-19,26H,2-4,9-13H2,1H3,(H,24,28). The zero-order chi connectivity index (χ0) is 40.8. The fourth-order valence-corrected chi connectivity index (χ4v) is 13.0. The normalized spacial score (nSPS) is 34.8. The summed E-state index contributed by atoms with van der Waals surface area (Å²) in [5.41, 5.74) is 2.01. The molecule has 2 atom stereocenters. The first-order chi connectivity index (χ1) is 27.9. The summed E-state index contributed by atoms with van der Waals surface area (Å²) < 4.78 is 23.5. The molecule has 12 heteroatoms. The lowest BCUT2D eigenvalue weighted by atomic mass is 9.41. The number of amides is 4. The molecular weight excluding hydrogens is 740 g/mol. The number of halogens is 1. The minimum Gasteiger partial charge on any atom is -0.453 e. The molecule has 3 N–H and O–H groups in total. The highest BCUT2D eigenvalue weighted by molar-refractivity contribution is 5.80. The number of hydrogen-bond donors (Lipinski definition) is 3. The number of hydrogen-bond acceptors (Lipinski definition) is 7. The van der Waals surface area contributed by atoms with Gasteiger partial charge in [-0.3, -0.25) is 9.59 Å². The maximum atomic E-state index is 13.6. The highest BCUT2D eigenvalue weighted by atomic mass is 19.1. The number of rotatable bonds is 8. The van der Waals surface area contributed by atoms with Crippen molar-refractivity contribution in [2.24, 2.45) is 41.4 Å². The number of nitrogens with zero attached hydrogens (tertiary/aromatic N) is 2. The molecule has 8 fully saturated rings. The Morgan fingerprint density at radius 1 is 0.741 bits per heavy atom. The Balaban J connectivity index is 0.000000162. The highest BCUT2D eigenvalue weighted by Crippen LogP contribution is 2.66. The topological polar surface area (TPSA) is 138 Å². The predicted molar refractivity (Wildman–Crippen MR) is 215 cm³/mol. The lowest BCUT2D eigenvalue weighted by Gasteiger charge is -2.64. The van der Waals surface area contributed by atoms with Gasteiger partial charge < -0.3 is 35.0 Å². The van der Waals surface area contributed by atoms with Gasteiger partial charge in [-0.05, 0) is 116 Å². The van der Waals surface area contributed by atoms with Gasteiger partial charge >= 0.3 is 12.2 Å². The SMILES string of the molecule is CNC(=O)OC1CN(C(=O)CC2(c3ccc(F)cc3)C3CCCC2CC(O)C3)C1.COC(=O)NC1CN(C(=O)CC2(c3ccccc3)C3CC4CC2CC(C3)C4C)C1. The number of ether oxygens (including phenoxy) is 2. The average molecular weight is 801 g/mol. The van der Waals surface area contributed by atoms with Gasteiger partial charge in [0.1, 0.15) is 11.9 Å². The number of likely N-dealkylation sites (tertiary alicyclic amines) is 2. The van der Waals surface area contributed by atoms with E-state index in [1.165, 1.54) is 57.5 Å². The molecule has 6 aliphatic carbocycles. The summed E-state index contributed by atoms with van der Waals surface area (Å²) in [6.07, 6.45) is 9.00. The Labute approximate surface area is 341 Å². The number of alkyl carbamates (subject to hydrolysis) is 2. The van der Waals surface area contributed by atoms with Gasteiger partial charge in [-0.2, -0.15) is 0 Å². The van der Waals surface area contributed by atoms with Gasteiger partial charge in [0.2, 0.25) is 11.8 Å². The molecule has 0 spiro atoms. The van der Waals surface area contributed by atoms with Crippen LogP contribution in [-0.2, 0) is 29.9 Å². The molecule has 8 aliphatic rings. The number of fused-ring (bicyclic) bond motifs is 2. The number of benzene rings is 2. The molecule has 2 aromatic carbocycles. The maximum absolute atomic E-state index is 13.6. The Bertz CT molecular complexity index is 1770. The molecule has 0 aromatic heterocycles. The van der Waals surface area contributed by atoms with E-state index in [9.17, 15) is 28.7 Å². The molecule has 0 radical (unpaired) electrons. The minimum atomic E-state index is -0.485. The minimum absolute atomic E-state index is 0.00759. The van der Waals surface area contributed by atoms with Gasteiger partial charge in [-0.25, -0.2) is 14.0 Å². The van der Waals surface area contributed by atoms with Crippen LogP contribution in [0.1, 0.15) is 88.7 Å². The summed E-state index contributed by atoms with van der Waals surface area (Å²) in [6, 6.07) is 17.5. The molecule has 2 saturated heterocycles. The Kier molecular flexibility index (Phi) is 11.5. The van der Waals surface area contributed by atoms with Gasteiger partial charge in [0.15, 0.2) is 0 Å². The fourth-order valence-electron chi connectivity index (χ4n) is 13.0. The smallest absolute Gasteiger partial charge is 0.407 e. The number of carbonyl (C=O) groups is 4. The van der Waals surface area contributed by atoms with Gasteiger partial charge in [-0.1, -0.05) is 55.8 Å². The molecule has 6 bridgehead atoms. The van der Waals surface area contributed by atoms with Crippen molar-refractivity contribution >= 4 is 24.0 Å². The molecular formula is C46H61FN4O7. The molecule has 10 rings (SSSR count). The molecule has 2 aromatic rings. The van der Waals surface area contributed by atoms with Crippen LogP contribution in [-0.4, -0.2) is 97.5 Å². The summed E-state index contributed by atoms with van der Waals surface area (Å²) in [7, 11) is 2.88. The molecule has 2 unspecified atom stereocenters. The van der Waals surface area contributed by atoms with E-state index >= 15 is 0 Å². The second kappa shape index (κ2) is 16.5. The quantitative estimate of drug-likeness (QED) is 0.290. The first-order valence-electron chi connectivity index (χ1n) is 21.7. The monoisotopic (exact) mass is 800 g/mol. The van der Waals surface area contributed by atoms with Crippen molar-refractivity contribution in [2.75, 3.05) is 40.3 Å². The summed E-state index contributed by atoms with van der Waals surface area (Å²) in [5.74, 6) is 4.22. The van der Waals surface area contributed by atoms with Crippen molar-refractivity contribution in [3.8, 4) is 0 Å². The van der Waals surface area contributed by atoms with Crippen molar-refractivity contribution in [1.29, 1.82) is 0 Å². The second-order valence-corrected chi connectivity index (χ2v) is 18.7. The van der Waals surface area contributed by atoms with E-state index in [0.29, 0.717) is 63.7 Å². The van der Waals surface area contributed by atoms with Crippen molar-refractivity contribution in [3.63, 3.8) is 0 Å². The summed E-state index contributed by atoms with van der Waals surface area (Å²) in [5, 5.41) is 15.6. The van der Waals surface area contributed by atoms with Gasteiger partial charge in [0.25, 0.3) is 0 Å². The average Bonchev–Trinajstić information content (AvgIpc) is 3.17. The molecule has 11 nitrogen and oxygen atoms in total. The molecule has 2 aliphatic heterocycles. The number of methoxy groups -OCH3 is 1. The van der Waals surface area contributed by atoms with E-state index in [4.69, 9.17) is 4.74 Å². The van der Waals surface area contributed by atoms with Gasteiger partial charge in [0.05, 0.1) is 32.3 Å². The summed E-state index contributed by atoms with van der Waals surface area (Å²) in [4.78, 5) is 52.9. The Morgan fingerprint density at radius 2 is 1.26 bits per heavy atom. The number of nitrogens with one attached hydrogen (secondary N) is 2. The predicted octanol–water partition coefficient (Wildman–Crippen LogP) is 6.17. The second-order valence-electron chi connectivity index (χ2n) is 18.7. The van der Waals surface area contributed by atoms with E-state index in [2.05, 4.69) is 52.6 Å². The maximum Gasteiger partial charge on any atom is 0.407 e. The van der Waals surface area contributed by atoms with Gasteiger partial charge in [0, 0.05) is 43.8 Å². The first-order valence-corrected chi connectivity index (χ1v) is 21.7. The molecule has 2 heterocycles. The lowest BCUT2D eigenvalue weighted by molar-refractivity contribution is -0.147. The van der Waals surface area contributed by atoms with E-state index in [1.54, 1.807) is 4.90 Å². The van der Waals surface area contributed by atoms with Crippen molar-refractivity contribution in [1.82, 2.24) is 20.4 Å². The molecule has 6 saturated carbocycles. The van der Waals surface area contributed by atoms with Crippen LogP contribution in [0, 0.1) is 47.2 Å². The lowest BCUT2D eigenvalue weighted by Crippen LogP contribution is -2.63. The van der Waals surface area contributed by atoms with Crippen molar-refractivity contribution in [3.05, 3.63) is 71.5 Å².